The number of halogens is 1. The Kier molecular flexibility index (Phi) is 5.95. The van der Waals surface area contributed by atoms with E-state index in [2.05, 4.69) is 45.2 Å². The van der Waals surface area contributed by atoms with Gasteiger partial charge in [-0.2, -0.15) is 0 Å². The molecule has 3 aromatic rings. The highest BCUT2D eigenvalue weighted by Crippen LogP contribution is 2.28. The number of aromatic nitrogens is 1. The number of carbonyl (C=O) groups excluding carboxylic acids is 1. The maximum absolute atomic E-state index is 13.8. The maximum Gasteiger partial charge on any atom is 0.217 e. The Balaban J connectivity index is 1.38. The van der Waals surface area contributed by atoms with Crippen LogP contribution in [0.25, 0.3) is 10.9 Å². The van der Waals surface area contributed by atoms with Crippen molar-refractivity contribution in [1.82, 2.24) is 14.8 Å². The minimum absolute atomic E-state index is 0.0109. The number of hydrogen-bond donors (Lipinski definition) is 1. The Morgan fingerprint density at radius 3 is 2.69 bits per heavy atom. The van der Waals surface area contributed by atoms with Gasteiger partial charge in [0.25, 0.3) is 0 Å². The second-order valence-electron chi connectivity index (χ2n) is 7.94. The van der Waals surface area contributed by atoms with Gasteiger partial charge in [0, 0.05) is 50.9 Å². The van der Waals surface area contributed by atoms with Crippen LogP contribution in [0.2, 0.25) is 0 Å². The predicted molar refractivity (Wildman–Crippen MR) is 114 cm³/mol. The molecule has 2 heterocycles. The van der Waals surface area contributed by atoms with Crippen molar-refractivity contribution in [2.45, 2.75) is 38.8 Å². The third-order valence-electron chi connectivity index (χ3n) is 5.93. The fourth-order valence-corrected chi connectivity index (χ4v) is 4.25. The van der Waals surface area contributed by atoms with Crippen molar-refractivity contribution in [3.63, 3.8) is 0 Å². The number of fused-ring (bicyclic) bond motifs is 1. The minimum atomic E-state index is -0.101. The zero-order valence-electron chi connectivity index (χ0n) is 16.9. The molecule has 1 aliphatic heterocycles. The molecule has 0 spiro atoms. The van der Waals surface area contributed by atoms with Gasteiger partial charge in [0.15, 0.2) is 0 Å². The molecule has 1 fully saturated rings. The number of benzene rings is 2. The molecular weight excluding hydrogens is 365 g/mol. The standard InChI is InChI=1S/C24H28FN3O/c1-18(29)26-17-19-6-7-21-9-15-28(24(21)16-19)22-10-13-27(14-11-22)12-8-20-4-2-3-5-23(20)25/h2-7,9,15-16,22H,8,10-14,17H2,1H3,(H,26,29). The molecular formula is C24H28FN3O. The average molecular weight is 394 g/mol. The highest BCUT2D eigenvalue weighted by molar-refractivity contribution is 5.81. The van der Waals surface area contributed by atoms with Crippen LogP contribution in [0.15, 0.2) is 54.7 Å². The van der Waals surface area contributed by atoms with E-state index >= 15 is 0 Å². The van der Waals surface area contributed by atoms with E-state index in [0.29, 0.717) is 12.6 Å². The van der Waals surface area contributed by atoms with E-state index in [-0.39, 0.29) is 11.7 Å². The smallest absolute Gasteiger partial charge is 0.217 e. The normalized spacial score (nSPS) is 15.7. The van der Waals surface area contributed by atoms with Gasteiger partial charge in [-0.15, -0.1) is 0 Å². The Bertz CT molecular complexity index is 989. The van der Waals surface area contributed by atoms with E-state index < -0.39 is 0 Å². The van der Waals surface area contributed by atoms with Crippen LogP contribution < -0.4 is 5.32 Å². The third kappa shape index (κ3) is 4.67. The van der Waals surface area contributed by atoms with Gasteiger partial charge in [-0.05, 0) is 54.0 Å². The third-order valence-corrected chi connectivity index (χ3v) is 5.93. The van der Waals surface area contributed by atoms with Gasteiger partial charge in [-0.3, -0.25) is 4.79 Å². The lowest BCUT2D eigenvalue weighted by atomic mass is 10.0. The summed E-state index contributed by atoms with van der Waals surface area (Å²) in [6, 6.07) is 16.1. The van der Waals surface area contributed by atoms with Crippen LogP contribution in [-0.4, -0.2) is 35.0 Å². The minimum Gasteiger partial charge on any atom is -0.352 e. The number of nitrogens with zero attached hydrogens (tertiary/aromatic N) is 2. The quantitative estimate of drug-likeness (QED) is 0.678. The molecule has 1 aliphatic rings. The molecule has 0 unspecified atom stereocenters. The predicted octanol–water partition coefficient (Wildman–Crippen LogP) is 4.30. The SMILES string of the molecule is CC(=O)NCc1ccc2ccn(C3CCN(CCc4ccccc4F)CC3)c2c1. The Morgan fingerprint density at radius 1 is 1.14 bits per heavy atom. The zero-order valence-corrected chi connectivity index (χ0v) is 16.9. The van der Waals surface area contributed by atoms with Crippen LogP contribution in [0.1, 0.15) is 36.9 Å². The molecule has 1 N–H and O–H groups in total. The van der Waals surface area contributed by atoms with Crippen LogP contribution in [0.4, 0.5) is 4.39 Å². The molecule has 5 heteroatoms. The fourth-order valence-electron chi connectivity index (χ4n) is 4.25. The second-order valence-corrected chi connectivity index (χ2v) is 7.94. The molecule has 2 aromatic carbocycles. The van der Waals surface area contributed by atoms with E-state index in [1.165, 1.54) is 10.9 Å². The first-order valence-corrected chi connectivity index (χ1v) is 10.4. The van der Waals surface area contributed by atoms with Gasteiger partial charge in [0.1, 0.15) is 5.82 Å². The molecule has 0 aliphatic carbocycles. The van der Waals surface area contributed by atoms with Crippen LogP contribution in [0.5, 0.6) is 0 Å². The van der Waals surface area contributed by atoms with Gasteiger partial charge in [-0.25, -0.2) is 4.39 Å². The maximum atomic E-state index is 13.8. The van der Waals surface area contributed by atoms with Crippen molar-refractivity contribution in [2.75, 3.05) is 19.6 Å². The number of piperidine rings is 1. The van der Waals surface area contributed by atoms with E-state index in [4.69, 9.17) is 0 Å². The molecule has 1 amide bonds. The Morgan fingerprint density at radius 2 is 1.93 bits per heavy atom. The number of amides is 1. The number of likely N-dealkylation sites (tertiary alicyclic amines) is 1. The first-order valence-electron chi connectivity index (χ1n) is 10.4. The molecule has 152 valence electrons. The summed E-state index contributed by atoms with van der Waals surface area (Å²) in [4.78, 5) is 13.6. The van der Waals surface area contributed by atoms with E-state index in [1.807, 2.05) is 12.1 Å². The number of hydrogen-bond acceptors (Lipinski definition) is 2. The lowest BCUT2D eigenvalue weighted by Crippen LogP contribution is -2.35. The van der Waals surface area contributed by atoms with Gasteiger partial charge in [0.05, 0.1) is 0 Å². The van der Waals surface area contributed by atoms with Gasteiger partial charge < -0.3 is 14.8 Å². The highest BCUT2D eigenvalue weighted by Gasteiger charge is 2.21. The topological polar surface area (TPSA) is 37.3 Å². The lowest BCUT2D eigenvalue weighted by Gasteiger charge is -2.33. The monoisotopic (exact) mass is 393 g/mol. The van der Waals surface area contributed by atoms with E-state index in [9.17, 15) is 9.18 Å². The summed E-state index contributed by atoms with van der Waals surface area (Å²) in [5.41, 5.74) is 3.16. The molecule has 4 nitrogen and oxygen atoms in total. The zero-order chi connectivity index (χ0) is 20.2. The molecule has 0 bridgehead atoms. The molecule has 0 radical (unpaired) electrons. The first-order chi connectivity index (χ1) is 14.1. The largest absolute Gasteiger partial charge is 0.352 e. The lowest BCUT2D eigenvalue weighted by molar-refractivity contribution is -0.119. The van der Waals surface area contributed by atoms with Crippen LogP contribution in [0, 0.1) is 5.82 Å². The van der Waals surface area contributed by atoms with Crippen molar-refractivity contribution in [1.29, 1.82) is 0 Å². The Labute approximate surface area is 171 Å². The molecule has 1 saturated heterocycles. The van der Waals surface area contributed by atoms with E-state index in [0.717, 1.165) is 50.0 Å². The highest BCUT2D eigenvalue weighted by atomic mass is 19.1. The number of nitrogens with one attached hydrogen (secondary N) is 1. The van der Waals surface area contributed by atoms with Crippen molar-refractivity contribution < 1.29 is 9.18 Å². The van der Waals surface area contributed by atoms with Gasteiger partial charge in [0.2, 0.25) is 5.91 Å². The Hall–Kier alpha value is -2.66. The molecule has 0 atom stereocenters. The molecule has 4 rings (SSSR count). The van der Waals surface area contributed by atoms with Gasteiger partial charge >= 0.3 is 0 Å². The van der Waals surface area contributed by atoms with Crippen LogP contribution in [0.3, 0.4) is 0 Å². The molecule has 29 heavy (non-hydrogen) atoms. The summed E-state index contributed by atoms with van der Waals surface area (Å²) < 4.78 is 16.2. The average Bonchev–Trinajstić information content (AvgIpc) is 3.15. The van der Waals surface area contributed by atoms with Gasteiger partial charge in [-0.1, -0.05) is 30.3 Å². The first kappa shape index (κ1) is 19.6. The summed E-state index contributed by atoms with van der Waals surface area (Å²) in [6.45, 7) is 5.07. The van der Waals surface area contributed by atoms with Crippen molar-refractivity contribution in [3.05, 3.63) is 71.7 Å². The van der Waals surface area contributed by atoms with Crippen molar-refractivity contribution in [2.24, 2.45) is 0 Å². The summed E-state index contributed by atoms with van der Waals surface area (Å²) >= 11 is 0. The summed E-state index contributed by atoms with van der Waals surface area (Å²) in [5.74, 6) is -0.112. The summed E-state index contributed by atoms with van der Waals surface area (Å²) in [6.07, 6.45) is 5.14. The second kappa shape index (κ2) is 8.78. The van der Waals surface area contributed by atoms with Crippen molar-refractivity contribution in [3.8, 4) is 0 Å². The fraction of sp³-hybridized carbons (Fsp3) is 0.375. The molecule has 1 aromatic heterocycles. The van der Waals surface area contributed by atoms with E-state index in [1.54, 1.807) is 19.1 Å². The molecule has 0 saturated carbocycles. The van der Waals surface area contributed by atoms with Crippen molar-refractivity contribution >= 4 is 16.8 Å². The number of carbonyl (C=O) groups is 1. The summed E-state index contributed by atoms with van der Waals surface area (Å²) in [5, 5.41) is 4.11. The summed E-state index contributed by atoms with van der Waals surface area (Å²) in [7, 11) is 0. The van der Waals surface area contributed by atoms with Crippen LogP contribution in [-0.2, 0) is 17.8 Å². The van der Waals surface area contributed by atoms with Crippen LogP contribution >= 0.6 is 0 Å². The number of rotatable bonds is 6.